The summed E-state index contributed by atoms with van der Waals surface area (Å²) >= 11 is 0. The van der Waals surface area contributed by atoms with Gasteiger partial charge in [-0.15, -0.1) is 0 Å². The lowest BCUT2D eigenvalue weighted by Gasteiger charge is -2.33. The molecular weight excluding hydrogens is 266 g/mol. The number of carbonyl (C=O) groups excluding carboxylic acids is 1. The third kappa shape index (κ3) is 3.21. The molecule has 0 radical (unpaired) electrons. The largest absolute Gasteiger partial charge is 0.497 e. The minimum absolute atomic E-state index is 0.0996. The van der Waals surface area contributed by atoms with Crippen LogP contribution in [-0.2, 0) is 9.53 Å². The highest BCUT2D eigenvalue weighted by molar-refractivity contribution is 5.79. The minimum atomic E-state index is 0.0996. The zero-order valence-corrected chi connectivity index (χ0v) is 12.6. The van der Waals surface area contributed by atoms with E-state index in [1.807, 2.05) is 17.0 Å². The molecule has 114 valence electrons. The van der Waals surface area contributed by atoms with Crippen LogP contribution in [0.5, 0.6) is 5.75 Å². The van der Waals surface area contributed by atoms with Crippen molar-refractivity contribution in [3.05, 3.63) is 29.8 Å². The lowest BCUT2D eigenvalue weighted by molar-refractivity contribution is -0.136. The summed E-state index contributed by atoms with van der Waals surface area (Å²) in [6.45, 7) is 3.08. The van der Waals surface area contributed by atoms with Crippen LogP contribution in [-0.4, -0.2) is 44.2 Å². The molecule has 2 saturated heterocycles. The molecule has 0 unspecified atom stereocenters. The highest BCUT2D eigenvalue weighted by atomic mass is 16.5. The molecule has 1 aromatic carbocycles. The SMILES string of the molecule is COc1ccc(C2CCN(C(=O)[C@@H]3CCOC3)CC2)cc1. The maximum absolute atomic E-state index is 12.4. The van der Waals surface area contributed by atoms with Gasteiger partial charge in [-0.1, -0.05) is 12.1 Å². The number of ether oxygens (including phenoxy) is 2. The molecule has 0 saturated carbocycles. The van der Waals surface area contributed by atoms with Gasteiger partial charge >= 0.3 is 0 Å². The van der Waals surface area contributed by atoms with Gasteiger partial charge in [-0.3, -0.25) is 4.79 Å². The molecule has 2 aliphatic heterocycles. The van der Waals surface area contributed by atoms with E-state index in [2.05, 4.69) is 12.1 Å². The minimum Gasteiger partial charge on any atom is -0.497 e. The Morgan fingerprint density at radius 1 is 1.19 bits per heavy atom. The average Bonchev–Trinajstić information content (AvgIpc) is 3.09. The first-order valence-corrected chi connectivity index (χ1v) is 7.78. The van der Waals surface area contributed by atoms with Gasteiger partial charge in [-0.2, -0.15) is 0 Å². The fourth-order valence-electron chi connectivity index (χ4n) is 3.30. The van der Waals surface area contributed by atoms with E-state index >= 15 is 0 Å². The van der Waals surface area contributed by atoms with E-state index in [0.717, 1.165) is 44.7 Å². The fourth-order valence-corrected chi connectivity index (χ4v) is 3.30. The highest BCUT2D eigenvalue weighted by Gasteiger charge is 2.30. The molecule has 3 rings (SSSR count). The van der Waals surface area contributed by atoms with Gasteiger partial charge in [0, 0.05) is 19.7 Å². The molecule has 1 amide bonds. The quantitative estimate of drug-likeness (QED) is 0.858. The maximum atomic E-state index is 12.4. The zero-order valence-electron chi connectivity index (χ0n) is 12.6. The Balaban J connectivity index is 1.55. The fraction of sp³-hybridized carbons (Fsp3) is 0.588. The summed E-state index contributed by atoms with van der Waals surface area (Å²) in [5.74, 6) is 1.84. The van der Waals surface area contributed by atoms with Crippen LogP contribution >= 0.6 is 0 Å². The number of nitrogens with zero attached hydrogens (tertiary/aromatic N) is 1. The van der Waals surface area contributed by atoms with Crippen LogP contribution in [0.4, 0.5) is 0 Å². The Bertz CT molecular complexity index is 471. The molecule has 1 atom stereocenters. The van der Waals surface area contributed by atoms with E-state index < -0.39 is 0 Å². The van der Waals surface area contributed by atoms with Crippen molar-refractivity contribution in [1.82, 2.24) is 4.90 Å². The molecule has 1 aromatic rings. The van der Waals surface area contributed by atoms with E-state index in [1.54, 1.807) is 7.11 Å². The molecule has 0 N–H and O–H groups in total. The molecule has 2 fully saturated rings. The van der Waals surface area contributed by atoms with Crippen molar-refractivity contribution in [2.45, 2.75) is 25.2 Å². The van der Waals surface area contributed by atoms with Crippen LogP contribution in [0, 0.1) is 5.92 Å². The molecule has 0 bridgehead atoms. The Morgan fingerprint density at radius 2 is 1.90 bits per heavy atom. The van der Waals surface area contributed by atoms with E-state index in [0.29, 0.717) is 18.4 Å². The Hall–Kier alpha value is -1.55. The lowest BCUT2D eigenvalue weighted by Crippen LogP contribution is -2.41. The molecular formula is C17H23NO3. The smallest absolute Gasteiger partial charge is 0.228 e. The first-order chi connectivity index (χ1) is 10.3. The van der Waals surface area contributed by atoms with Crippen molar-refractivity contribution in [2.75, 3.05) is 33.4 Å². The second-order valence-electron chi connectivity index (χ2n) is 5.93. The maximum Gasteiger partial charge on any atom is 0.228 e. The number of hydrogen-bond donors (Lipinski definition) is 0. The van der Waals surface area contributed by atoms with Crippen LogP contribution in [0.25, 0.3) is 0 Å². The van der Waals surface area contributed by atoms with E-state index in [4.69, 9.17) is 9.47 Å². The third-order valence-electron chi connectivity index (χ3n) is 4.67. The van der Waals surface area contributed by atoms with Crippen molar-refractivity contribution in [2.24, 2.45) is 5.92 Å². The van der Waals surface area contributed by atoms with Gasteiger partial charge in [-0.25, -0.2) is 0 Å². The van der Waals surface area contributed by atoms with Crippen LogP contribution in [0.15, 0.2) is 24.3 Å². The predicted molar refractivity (Wildman–Crippen MR) is 80.5 cm³/mol. The number of likely N-dealkylation sites (tertiary alicyclic amines) is 1. The number of carbonyl (C=O) groups is 1. The summed E-state index contributed by atoms with van der Waals surface area (Å²) in [7, 11) is 1.69. The summed E-state index contributed by atoms with van der Waals surface area (Å²) < 4.78 is 10.5. The number of hydrogen-bond acceptors (Lipinski definition) is 3. The van der Waals surface area contributed by atoms with E-state index in [-0.39, 0.29) is 5.92 Å². The van der Waals surface area contributed by atoms with Crippen molar-refractivity contribution < 1.29 is 14.3 Å². The Kier molecular flexibility index (Phi) is 4.44. The predicted octanol–water partition coefficient (Wildman–Crippen LogP) is 2.44. The summed E-state index contributed by atoms with van der Waals surface area (Å²) in [6.07, 6.45) is 2.98. The Labute approximate surface area is 126 Å². The molecule has 2 aliphatic rings. The standard InChI is InChI=1S/C17H23NO3/c1-20-16-4-2-13(3-5-16)14-6-9-18(10-7-14)17(19)15-8-11-21-12-15/h2-5,14-15H,6-12H2,1H3/t15-/m1/s1. The van der Waals surface area contributed by atoms with Gasteiger partial charge in [0.25, 0.3) is 0 Å². The summed E-state index contributed by atoms with van der Waals surface area (Å²) in [4.78, 5) is 14.4. The van der Waals surface area contributed by atoms with Gasteiger partial charge in [0.05, 0.1) is 19.6 Å². The topological polar surface area (TPSA) is 38.8 Å². The molecule has 4 heteroatoms. The van der Waals surface area contributed by atoms with Crippen molar-refractivity contribution >= 4 is 5.91 Å². The number of benzene rings is 1. The molecule has 4 nitrogen and oxygen atoms in total. The average molecular weight is 289 g/mol. The van der Waals surface area contributed by atoms with Gasteiger partial charge < -0.3 is 14.4 Å². The van der Waals surface area contributed by atoms with Crippen LogP contribution in [0.3, 0.4) is 0 Å². The second-order valence-corrected chi connectivity index (χ2v) is 5.93. The zero-order chi connectivity index (χ0) is 14.7. The van der Waals surface area contributed by atoms with Crippen LogP contribution in [0.1, 0.15) is 30.7 Å². The van der Waals surface area contributed by atoms with E-state index in [9.17, 15) is 4.79 Å². The third-order valence-corrected chi connectivity index (χ3v) is 4.67. The van der Waals surface area contributed by atoms with Crippen molar-refractivity contribution in [1.29, 1.82) is 0 Å². The summed E-state index contributed by atoms with van der Waals surface area (Å²) in [5, 5.41) is 0. The molecule has 0 aromatic heterocycles. The van der Waals surface area contributed by atoms with E-state index in [1.165, 1.54) is 5.56 Å². The van der Waals surface area contributed by atoms with Crippen molar-refractivity contribution in [3.8, 4) is 5.75 Å². The van der Waals surface area contributed by atoms with Crippen LogP contribution < -0.4 is 4.74 Å². The Morgan fingerprint density at radius 3 is 2.48 bits per heavy atom. The normalized spacial score (nSPS) is 23.3. The number of methoxy groups -OCH3 is 1. The van der Waals surface area contributed by atoms with Gasteiger partial charge in [-0.05, 0) is 42.9 Å². The highest BCUT2D eigenvalue weighted by Crippen LogP contribution is 2.30. The van der Waals surface area contributed by atoms with Gasteiger partial charge in [0.2, 0.25) is 5.91 Å². The molecule has 21 heavy (non-hydrogen) atoms. The molecule has 0 aliphatic carbocycles. The van der Waals surface area contributed by atoms with Crippen molar-refractivity contribution in [3.63, 3.8) is 0 Å². The molecule has 0 spiro atoms. The number of amides is 1. The van der Waals surface area contributed by atoms with Gasteiger partial charge in [0.15, 0.2) is 0 Å². The first-order valence-electron chi connectivity index (χ1n) is 7.78. The summed E-state index contributed by atoms with van der Waals surface area (Å²) in [5.41, 5.74) is 1.35. The van der Waals surface area contributed by atoms with Crippen LogP contribution in [0.2, 0.25) is 0 Å². The monoisotopic (exact) mass is 289 g/mol. The lowest BCUT2D eigenvalue weighted by atomic mass is 9.89. The number of piperidine rings is 1. The first kappa shape index (κ1) is 14.4. The summed E-state index contributed by atoms with van der Waals surface area (Å²) in [6, 6.07) is 8.32. The van der Waals surface area contributed by atoms with Gasteiger partial charge in [0.1, 0.15) is 5.75 Å². The number of rotatable bonds is 3. The molecule has 2 heterocycles. The second kappa shape index (κ2) is 6.48.